The van der Waals surface area contributed by atoms with Crippen molar-refractivity contribution in [1.82, 2.24) is 10.3 Å². The summed E-state index contributed by atoms with van der Waals surface area (Å²) < 4.78 is 4.82. The lowest BCUT2D eigenvalue weighted by molar-refractivity contribution is -0.146. The summed E-state index contributed by atoms with van der Waals surface area (Å²) >= 11 is 0. The lowest BCUT2D eigenvalue weighted by Gasteiger charge is -2.29. The van der Waals surface area contributed by atoms with E-state index in [4.69, 9.17) is 4.74 Å². The SMILES string of the molecule is COC(=O)[C@@H](NCc1ccc(C)cn1)C(C)(C)C. The van der Waals surface area contributed by atoms with Crippen molar-refractivity contribution in [2.45, 2.75) is 40.3 Å². The predicted molar refractivity (Wildman–Crippen MR) is 71.1 cm³/mol. The summed E-state index contributed by atoms with van der Waals surface area (Å²) in [5.41, 5.74) is 1.84. The number of aromatic nitrogens is 1. The van der Waals surface area contributed by atoms with Crippen LogP contribution in [0.25, 0.3) is 0 Å². The summed E-state index contributed by atoms with van der Waals surface area (Å²) in [6.07, 6.45) is 1.82. The summed E-state index contributed by atoms with van der Waals surface area (Å²) in [4.78, 5) is 16.0. The highest BCUT2D eigenvalue weighted by Gasteiger charge is 2.31. The van der Waals surface area contributed by atoms with Crippen LogP contribution in [0.5, 0.6) is 0 Å². The molecule has 0 spiro atoms. The number of esters is 1. The molecule has 1 heterocycles. The van der Waals surface area contributed by atoms with E-state index >= 15 is 0 Å². The number of carbonyl (C=O) groups excluding carboxylic acids is 1. The first kappa shape index (κ1) is 14.6. The highest BCUT2D eigenvalue weighted by molar-refractivity contribution is 5.76. The first-order valence-electron chi connectivity index (χ1n) is 6.07. The second-order valence-electron chi connectivity index (χ2n) is 5.53. The van der Waals surface area contributed by atoms with Crippen LogP contribution >= 0.6 is 0 Å². The van der Waals surface area contributed by atoms with Crippen LogP contribution in [0.2, 0.25) is 0 Å². The topological polar surface area (TPSA) is 51.2 Å². The molecule has 100 valence electrons. The van der Waals surface area contributed by atoms with Gasteiger partial charge < -0.3 is 4.74 Å². The van der Waals surface area contributed by atoms with Crippen LogP contribution in [0, 0.1) is 12.3 Å². The van der Waals surface area contributed by atoms with E-state index in [2.05, 4.69) is 10.3 Å². The predicted octanol–water partition coefficient (Wildman–Crippen LogP) is 2.07. The van der Waals surface area contributed by atoms with Crippen LogP contribution in [0.4, 0.5) is 0 Å². The van der Waals surface area contributed by atoms with Gasteiger partial charge in [0.2, 0.25) is 0 Å². The average Bonchev–Trinajstić information content (AvgIpc) is 2.29. The van der Waals surface area contributed by atoms with Crippen molar-refractivity contribution in [2.75, 3.05) is 7.11 Å². The molecule has 0 saturated heterocycles. The van der Waals surface area contributed by atoms with E-state index in [9.17, 15) is 4.79 Å². The van der Waals surface area contributed by atoms with Gasteiger partial charge in [-0.15, -0.1) is 0 Å². The Balaban J connectivity index is 2.68. The lowest BCUT2D eigenvalue weighted by Crippen LogP contribution is -2.46. The Kier molecular flexibility index (Phi) is 4.84. The third-order valence-electron chi connectivity index (χ3n) is 2.76. The Morgan fingerprint density at radius 3 is 2.56 bits per heavy atom. The lowest BCUT2D eigenvalue weighted by atomic mass is 9.86. The highest BCUT2D eigenvalue weighted by Crippen LogP contribution is 2.20. The molecule has 0 aromatic carbocycles. The van der Waals surface area contributed by atoms with Crippen molar-refractivity contribution < 1.29 is 9.53 Å². The molecular formula is C14H22N2O2. The number of carbonyl (C=O) groups is 1. The third-order valence-corrected chi connectivity index (χ3v) is 2.76. The number of ether oxygens (including phenoxy) is 1. The van der Waals surface area contributed by atoms with Gasteiger partial charge in [0.1, 0.15) is 6.04 Å². The number of nitrogens with zero attached hydrogens (tertiary/aromatic N) is 1. The Morgan fingerprint density at radius 2 is 2.11 bits per heavy atom. The smallest absolute Gasteiger partial charge is 0.323 e. The molecule has 0 fully saturated rings. The Morgan fingerprint density at radius 1 is 1.44 bits per heavy atom. The number of pyridine rings is 1. The van der Waals surface area contributed by atoms with Gasteiger partial charge in [-0.25, -0.2) is 0 Å². The van der Waals surface area contributed by atoms with E-state index in [0.29, 0.717) is 6.54 Å². The molecule has 0 saturated carbocycles. The van der Waals surface area contributed by atoms with Gasteiger partial charge in [-0.1, -0.05) is 26.8 Å². The van der Waals surface area contributed by atoms with Crippen molar-refractivity contribution in [1.29, 1.82) is 0 Å². The maximum absolute atomic E-state index is 11.7. The summed E-state index contributed by atoms with van der Waals surface area (Å²) in [6.45, 7) is 8.56. The van der Waals surface area contributed by atoms with Gasteiger partial charge in [0.05, 0.1) is 12.8 Å². The molecular weight excluding hydrogens is 228 g/mol. The summed E-state index contributed by atoms with van der Waals surface area (Å²) in [7, 11) is 1.41. The number of hydrogen-bond acceptors (Lipinski definition) is 4. The van der Waals surface area contributed by atoms with E-state index in [-0.39, 0.29) is 17.4 Å². The van der Waals surface area contributed by atoms with Crippen molar-refractivity contribution in [3.05, 3.63) is 29.6 Å². The molecule has 0 bridgehead atoms. The molecule has 4 nitrogen and oxygen atoms in total. The highest BCUT2D eigenvalue weighted by atomic mass is 16.5. The van der Waals surface area contributed by atoms with Crippen LogP contribution in [-0.4, -0.2) is 24.1 Å². The van der Waals surface area contributed by atoms with E-state index in [1.807, 2.05) is 46.0 Å². The molecule has 1 aromatic rings. The molecule has 1 atom stereocenters. The second-order valence-corrected chi connectivity index (χ2v) is 5.53. The molecule has 4 heteroatoms. The minimum atomic E-state index is -0.342. The monoisotopic (exact) mass is 250 g/mol. The summed E-state index contributed by atoms with van der Waals surface area (Å²) in [5.74, 6) is -0.241. The van der Waals surface area contributed by atoms with E-state index in [1.165, 1.54) is 7.11 Å². The Bertz CT molecular complexity index is 393. The van der Waals surface area contributed by atoms with Crippen LogP contribution in [0.15, 0.2) is 18.3 Å². The molecule has 0 unspecified atom stereocenters. The van der Waals surface area contributed by atoms with Crippen molar-refractivity contribution in [3.8, 4) is 0 Å². The first-order valence-corrected chi connectivity index (χ1v) is 6.07. The first-order chi connectivity index (χ1) is 8.34. The summed E-state index contributed by atoms with van der Waals surface area (Å²) in [5, 5.41) is 3.21. The van der Waals surface area contributed by atoms with Crippen molar-refractivity contribution in [2.24, 2.45) is 5.41 Å². The zero-order chi connectivity index (χ0) is 13.8. The van der Waals surface area contributed by atoms with Crippen LogP contribution in [0.1, 0.15) is 32.0 Å². The van der Waals surface area contributed by atoms with Gasteiger partial charge in [-0.2, -0.15) is 0 Å². The third kappa shape index (κ3) is 4.11. The fraction of sp³-hybridized carbons (Fsp3) is 0.571. The average molecular weight is 250 g/mol. The zero-order valence-electron chi connectivity index (χ0n) is 11.8. The van der Waals surface area contributed by atoms with Gasteiger partial charge in [0, 0.05) is 12.7 Å². The fourth-order valence-electron chi connectivity index (χ4n) is 1.67. The molecule has 1 aromatic heterocycles. The number of nitrogens with one attached hydrogen (secondary N) is 1. The van der Waals surface area contributed by atoms with Crippen LogP contribution in [0.3, 0.4) is 0 Å². The van der Waals surface area contributed by atoms with E-state index < -0.39 is 0 Å². The largest absolute Gasteiger partial charge is 0.468 e. The van der Waals surface area contributed by atoms with Gasteiger partial charge in [-0.3, -0.25) is 15.1 Å². The van der Waals surface area contributed by atoms with Crippen molar-refractivity contribution >= 4 is 5.97 Å². The van der Waals surface area contributed by atoms with Gasteiger partial charge in [-0.05, 0) is 24.0 Å². The molecule has 0 aliphatic carbocycles. The fourth-order valence-corrected chi connectivity index (χ4v) is 1.67. The van der Waals surface area contributed by atoms with Gasteiger partial charge in [0.25, 0.3) is 0 Å². The molecule has 1 rings (SSSR count). The molecule has 0 aliphatic heterocycles. The normalized spacial score (nSPS) is 13.2. The van der Waals surface area contributed by atoms with Crippen molar-refractivity contribution in [3.63, 3.8) is 0 Å². The second kappa shape index (κ2) is 5.96. The van der Waals surface area contributed by atoms with Crippen LogP contribution < -0.4 is 5.32 Å². The Labute approximate surface area is 109 Å². The maximum atomic E-state index is 11.7. The molecule has 0 aliphatic rings. The van der Waals surface area contributed by atoms with Gasteiger partial charge in [0.15, 0.2) is 0 Å². The minimum absolute atomic E-state index is 0.197. The molecule has 1 N–H and O–H groups in total. The van der Waals surface area contributed by atoms with E-state index in [1.54, 1.807) is 0 Å². The Hall–Kier alpha value is -1.42. The number of hydrogen-bond donors (Lipinski definition) is 1. The van der Waals surface area contributed by atoms with E-state index in [0.717, 1.165) is 11.3 Å². The number of rotatable bonds is 4. The van der Waals surface area contributed by atoms with Gasteiger partial charge >= 0.3 is 5.97 Å². The quantitative estimate of drug-likeness (QED) is 0.831. The maximum Gasteiger partial charge on any atom is 0.323 e. The molecule has 18 heavy (non-hydrogen) atoms. The summed E-state index contributed by atoms with van der Waals surface area (Å²) in [6, 6.07) is 3.62. The molecule has 0 radical (unpaired) electrons. The standard InChI is InChI=1S/C14H22N2O2/c1-10-6-7-11(15-8-10)9-16-12(13(17)18-5)14(2,3)4/h6-8,12,16H,9H2,1-5H3/t12-/m1/s1. The minimum Gasteiger partial charge on any atom is -0.468 e. The number of methoxy groups -OCH3 is 1. The molecule has 0 amide bonds. The zero-order valence-corrected chi connectivity index (χ0v) is 11.8. The van der Waals surface area contributed by atoms with Crippen LogP contribution in [-0.2, 0) is 16.1 Å². The number of aryl methyl sites for hydroxylation is 1.